The molecule has 0 aromatic heterocycles. The number of nitrogens with zero attached hydrogens (tertiary/aromatic N) is 1. The third-order valence-corrected chi connectivity index (χ3v) is 4.21. The highest BCUT2D eigenvalue weighted by molar-refractivity contribution is 6.08. The number of para-hydroxylation sites is 1. The lowest BCUT2D eigenvalue weighted by atomic mass is 10.1. The monoisotopic (exact) mass is 371 g/mol. The molecule has 144 valence electrons. The number of amides is 1. The zero-order valence-electron chi connectivity index (χ0n) is 15.6. The van der Waals surface area contributed by atoms with Gasteiger partial charge in [0.1, 0.15) is 11.5 Å². The molecule has 0 saturated carbocycles. The summed E-state index contributed by atoms with van der Waals surface area (Å²) in [5.74, 6) is -0.605. The topological polar surface area (TPSA) is 87.1 Å². The van der Waals surface area contributed by atoms with Gasteiger partial charge in [0.25, 0.3) is 5.91 Å². The van der Waals surface area contributed by atoms with Crippen molar-refractivity contribution in [2.45, 2.75) is 32.6 Å². The summed E-state index contributed by atoms with van der Waals surface area (Å²) in [5.41, 5.74) is 1.84. The van der Waals surface area contributed by atoms with Gasteiger partial charge in [-0.2, -0.15) is 0 Å². The fraction of sp³-hybridized carbons (Fsp3) is 0.333. The van der Waals surface area contributed by atoms with Crippen molar-refractivity contribution in [1.82, 2.24) is 0 Å². The summed E-state index contributed by atoms with van der Waals surface area (Å²) in [7, 11) is 1.64. The first-order chi connectivity index (χ1) is 12.9. The molecule has 0 saturated heterocycles. The summed E-state index contributed by atoms with van der Waals surface area (Å²) in [6.45, 7) is 2.38. The van der Waals surface area contributed by atoms with Crippen molar-refractivity contribution < 1.29 is 24.5 Å². The van der Waals surface area contributed by atoms with Gasteiger partial charge in [0.05, 0.1) is 17.9 Å². The minimum atomic E-state index is -0.791. The van der Waals surface area contributed by atoms with Gasteiger partial charge in [-0.05, 0) is 56.0 Å². The molecule has 0 aliphatic rings. The van der Waals surface area contributed by atoms with E-state index in [1.54, 1.807) is 25.2 Å². The summed E-state index contributed by atoms with van der Waals surface area (Å²) >= 11 is 0. The second kappa shape index (κ2) is 9.62. The Balaban J connectivity index is 2.07. The fourth-order valence-electron chi connectivity index (χ4n) is 2.70. The molecule has 0 aliphatic carbocycles. The average molecular weight is 371 g/mol. The van der Waals surface area contributed by atoms with Crippen LogP contribution in [0, 0.1) is 6.92 Å². The molecule has 0 radical (unpaired) electrons. The minimum absolute atomic E-state index is 0.0673. The SMILES string of the molecule is Cc1ccc(N(C)C(=O)c2ccccc2O)c(OCCCCCC(=O)O)c1. The van der Waals surface area contributed by atoms with Crippen LogP contribution in [0.2, 0.25) is 0 Å². The van der Waals surface area contributed by atoms with Gasteiger partial charge in [-0.15, -0.1) is 0 Å². The molecule has 6 nitrogen and oxygen atoms in total. The number of unbranched alkanes of at least 4 members (excludes halogenated alkanes) is 2. The van der Waals surface area contributed by atoms with Crippen LogP contribution in [-0.2, 0) is 4.79 Å². The maximum atomic E-state index is 12.7. The quantitative estimate of drug-likeness (QED) is 0.651. The lowest BCUT2D eigenvalue weighted by molar-refractivity contribution is -0.137. The Kier molecular flexibility index (Phi) is 7.23. The Labute approximate surface area is 159 Å². The number of aliphatic carboxylic acids is 1. The Bertz CT molecular complexity index is 803. The van der Waals surface area contributed by atoms with Crippen molar-refractivity contribution in [3.05, 3.63) is 53.6 Å². The molecule has 0 spiro atoms. The number of carboxylic acids is 1. The van der Waals surface area contributed by atoms with Gasteiger partial charge >= 0.3 is 5.97 Å². The van der Waals surface area contributed by atoms with E-state index < -0.39 is 5.97 Å². The molecule has 0 heterocycles. The zero-order chi connectivity index (χ0) is 19.8. The number of hydrogen-bond acceptors (Lipinski definition) is 4. The molecule has 0 atom stereocenters. The van der Waals surface area contributed by atoms with E-state index in [1.807, 2.05) is 25.1 Å². The van der Waals surface area contributed by atoms with Crippen molar-refractivity contribution in [1.29, 1.82) is 0 Å². The van der Waals surface area contributed by atoms with Crippen LogP contribution in [0.5, 0.6) is 11.5 Å². The summed E-state index contributed by atoms with van der Waals surface area (Å²) in [6, 6.07) is 12.0. The van der Waals surface area contributed by atoms with E-state index in [-0.39, 0.29) is 23.6 Å². The molecule has 1 amide bonds. The molecule has 2 rings (SSSR count). The summed E-state index contributed by atoms with van der Waals surface area (Å²) in [6.07, 6.45) is 2.27. The van der Waals surface area contributed by atoms with E-state index in [0.717, 1.165) is 18.4 Å². The molecular weight excluding hydrogens is 346 g/mol. The Morgan fingerprint density at radius 3 is 2.52 bits per heavy atom. The largest absolute Gasteiger partial charge is 0.507 e. The summed E-state index contributed by atoms with van der Waals surface area (Å²) in [4.78, 5) is 24.7. The smallest absolute Gasteiger partial charge is 0.303 e. The van der Waals surface area contributed by atoms with Crippen molar-refractivity contribution >= 4 is 17.6 Å². The first-order valence-electron chi connectivity index (χ1n) is 8.91. The van der Waals surface area contributed by atoms with Crippen LogP contribution >= 0.6 is 0 Å². The lowest BCUT2D eigenvalue weighted by Crippen LogP contribution is -2.27. The van der Waals surface area contributed by atoms with E-state index in [2.05, 4.69) is 0 Å². The third kappa shape index (κ3) is 5.74. The van der Waals surface area contributed by atoms with Gasteiger partial charge in [-0.1, -0.05) is 18.2 Å². The normalized spacial score (nSPS) is 10.4. The standard InChI is InChI=1S/C21H25NO5/c1-15-11-12-17(19(14-15)27-13-7-3-4-10-20(24)25)22(2)21(26)16-8-5-6-9-18(16)23/h5-6,8-9,11-12,14,23H,3-4,7,10,13H2,1-2H3,(H,24,25). The number of rotatable bonds is 9. The van der Waals surface area contributed by atoms with Gasteiger partial charge in [-0.25, -0.2) is 0 Å². The minimum Gasteiger partial charge on any atom is -0.507 e. The second-order valence-corrected chi connectivity index (χ2v) is 6.41. The number of anilines is 1. The Morgan fingerprint density at radius 1 is 1.07 bits per heavy atom. The van der Waals surface area contributed by atoms with Crippen LogP contribution in [0.1, 0.15) is 41.6 Å². The van der Waals surface area contributed by atoms with Crippen LogP contribution in [0.25, 0.3) is 0 Å². The second-order valence-electron chi connectivity index (χ2n) is 6.41. The van der Waals surface area contributed by atoms with Crippen LogP contribution in [0.15, 0.2) is 42.5 Å². The highest BCUT2D eigenvalue weighted by atomic mass is 16.5. The predicted molar refractivity (Wildman–Crippen MR) is 104 cm³/mol. The number of benzene rings is 2. The van der Waals surface area contributed by atoms with Crippen molar-refractivity contribution in [3.8, 4) is 11.5 Å². The maximum Gasteiger partial charge on any atom is 0.303 e. The van der Waals surface area contributed by atoms with Crippen LogP contribution in [-0.4, -0.2) is 35.7 Å². The van der Waals surface area contributed by atoms with E-state index in [0.29, 0.717) is 24.5 Å². The van der Waals surface area contributed by atoms with E-state index >= 15 is 0 Å². The lowest BCUT2D eigenvalue weighted by Gasteiger charge is -2.21. The number of aromatic hydroxyl groups is 1. The number of phenols is 1. The maximum absolute atomic E-state index is 12.7. The number of phenolic OH excluding ortho intramolecular Hbond substituents is 1. The molecule has 6 heteroatoms. The summed E-state index contributed by atoms with van der Waals surface area (Å²) in [5, 5.41) is 18.6. The number of carbonyl (C=O) groups is 2. The van der Waals surface area contributed by atoms with Crippen molar-refractivity contribution in [3.63, 3.8) is 0 Å². The van der Waals surface area contributed by atoms with Crippen molar-refractivity contribution in [2.75, 3.05) is 18.6 Å². The van der Waals surface area contributed by atoms with Crippen LogP contribution < -0.4 is 9.64 Å². The molecular formula is C21H25NO5. The Hall–Kier alpha value is -3.02. The first-order valence-corrected chi connectivity index (χ1v) is 8.91. The zero-order valence-corrected chi connectivity index (χ0v) is 15.6. The number of aryl methyl sites for hydroxylation is 1. The van der Waals surface area contributed by atoms with Gasteiger partial charge in [0.2, 0.25) is 0 Å². The molecule has 0 fully saturated rings. The number of carboxylic acid groups (broad SMARTS) is 1. The van der Waals surface area contributed by atoms with E-state index in [9.17, 15) is 14.7 Å². The van der Waals surface area contributed by atoms with Gasteiger partial charge in [0.15, 0.2) is 0 Å². The van der Waals surface area contributed by atoms with E-state index in [4.69, 9.17) is 9.84 Å². The molecule has 2 aromatic carbocycles. The van der Waals surface area contributed by atoms with Gasteiger partial charge < -0.3 is 19.8 Å². The van der Waals surface area contributed by atoms with Crippen molar-refractivity contribution in [2.24, 2.45) is 0 Å². The predicted octanol–water partition coefficient (Wildman–Crippen LogP) is 4.00. The number of carbonyl (C=O) groups excluding carboxylic acids is 1. The van der Waals surface area contributed by atoms with Crippen LogP contribution in [0.4, 0.5) is 5.69 Å². The summed E-state index contributed by atoms with van der Waals surface area (Å²) < 4.78 is 5.86. The highest BCUT2D eigenvalue weighted by Crippen LogP contribution is 2.31. The molecule has 0 aliphatic heterocycles. The fourth-order valence-corrected chi connectivity index (χ4v) is 2.70. The van der Waals surface area contributed by atoms with Gasteiger partial charge in [-0.3, -0.25) is 9.59 Å². The van der Waals surface area contributed by atoms with E-state index in [1.165, 1.54) is 11.0 Å². The molecule has 27 heavy (non-hydrogen) atoms. The molecule has 2 N–H and O–H groups in total. The third-order valence-electron chi connectivity index (χ3n) is 4.21. The Morgan fingerprint density at radius 2 is 1.81 bits per heavy atom. The molecule has 0 unspecified atom stereocenters. The van der Waals surface area contributed by atoms with Gasteiger partial charge in [0, 0.05) is 13.5 Å². The highest BCUT2D eigenvalue weighted by Gasteiger charge is 2.19. The number of hydrogen-bond donors (Lipinski definition) is 2. The molecule has 2 aromatic rings. The number of ether oxygens (including phenoxy) is 1. The average Bonchev–Trinajstić information content (AvgIpc) is 2.64. The first kappa shape index (κ1) is 20.3. The van der Waals surface area contributed by atoms with Crippen LogP contribution in [0.3, 0.4) is 0 Å². The molecule has 0 bridgehead atoms.